The van der Waals surface area contributed by atoms with E-state index in [0.29, 0.717) is 13.0 Å². The van der Waals surface area contributed by atoms with Crippen molar-refractivity contribution in [1.29, 1.82) is 0 Å². The van der Waals surface area contributed by atoms with Crippen LogP contribution < -0.4 is 10.6 Å². The van der Waals surface area contributed by atoms with Crippen molar-refractivity contribution in [2.45, 2.75) is 52.1 Å². The lowest BCUT2D eigenvalue weighted by Crippen LogP contribution is -2.58. The minimum Gasteiger partial charge on any atom is -0.426 e. The average Bonchev–Trinajstić information content (AvgIpc) is 2.45. The highest BCUT2D eigenvalue weighted by molar-refractivity contribution is 6.43. The molecule has 0 saturated carbocycles. The van der Waals surface area contributed by atoms with Crippen LogP contribution in [0.5, 0.6) is 0 Å². The Morgan fingerprint density at radius 1 is 1.23 bits per heavy atom. The maximum absolute atomic E-state index is 12.4. The number of benzene rings is 1. The van der Waals surface area contributed by atoms with Crippen molar-refractivity contribution in [3.63, 3.8) is 0 Å². The second-order valence-corrected chi connectivity index (χ2v) is 6.59. The first-order chi connectivity index (χ1) is 10.2. The van der Waals surface area contributed by atoms with E-state index < -0.39 is 18.6 Å². The normalized spacial score (nSPS) is 13.0. The van der Waals surface area contributed by atoms with Crippen LogP contribution in [0.15, 0.2) is 30.3 Å². The zero-order chi connectivity index (χ0) is 16.8. The first-order valence-corrected chi connectivity index (χ1v) is 7.68. The second kappa shape index (κ2) is 8.32. The Bertz CT molecular complexity index is 464. The molecule has 0 aromatic heterocycles. The summed E-state index contributed by atoms with van der Waals surface area (Å²) in [5.41, 5.74) is 0.282. The highest BCUT2D eigenvalue weighted by Crippen LogP contribution is 2.10. The molecule has 5 nitrogen and oxygen atoms in total. The van der Waals surface area contributed by atoms with Crippen LogP contribution in [0, 0.1) is 5.92 Å². The van der Waals surface area contributed by atoms with E-state index in [1.165, 1.54) is 0 Å². The number of carbonyl (C=O) groups is 1. The molecule has 1 aromatic carbocycles. The summed E-state index contributed by atoms with van der Waals surface area (Å²) >= 11 is 0. The predicted molar refractivity (Wildman–Crippen MR) is 88.9 cm³/mol. The molecule has 0 unspecified atom stereocenters. The lowest BCUT2D eigenvalue weighted by Gasteiger charge is -2.29. The molecule has 1 rings (SSSR count). The van der Waals surface area contributed by atoms with Gasteiger partial charge in [-0.25, -0.2) is 0 Å². The van der Waals surface area contributed by atoms with E-state index in [-0.39, 0.29) is 11.8 Å². The summed E-state index contributed by atoms with van der Waals surface area (Å²) in [5.74, 6) is -0.653. The van der Waals surface area contributed by atoms with Gasteiger partial charge in [-0.1, -0.05) is 44.2 Å². The molecule has 6 heteroatoms. The summed E-state index contributed by atoms with van der Waals surface area (Å²) < 4.78 is 0. The number of carbonyl (C=O) groups excluding carboxylic acids is 1. The largest absolute Gasteiger partial charge is 0.475 e. The van der Waals surface area contributed by atoms with Crippen molar-refractivity contribution in [2.75, 3.05) is 0 Å². The number of hydrogen-bond acceptors (Lipinski definition) is 4. The van der Waals surface area contributed by atoms with Gasteiger partial charge < -0.3 is 15.4 Å². The molecule has 0 bridgehead atoms. The molecule has 1 atom stereocenters. The fraction of sp³-hybridized carbons (Fsp3) is 0.562. The molecule has 0 spiro atoms. The Kier molecular flexibility index (Phi) is 7.06. The molecule has 22 heavy (non-hydrogen) atoms. The van der Waals surface area contributed by atoms with Crippen LogP contribution in [0.4, 0.5) is 0 Å². The molecule has 1 aromatic rings. The van der Waals surface area contributed by atoms with Gasteiger partial charge >= 0.3 is 7.12 Å². The van der Waals surface area contributed by atoms with Crippen molar-refractivity contribution in [2.24, 2.45) is 5.92 Å². The minimum atomic E-state index is -1.56. The third-order valence-corrected chi connectivity index (χ3v) is 3.55. The van der Waals surface area contributed by atoms with E-state index in [4.69, 9.17) is 0 Å². The van der Waals surface area contributed by atoms with Gasteiger partial charge in [-0.3, -0.25) is 10.1 Å². The average molecular weight is 306 g/mol. The topological polar surface area (TPSA) is 81.6 Å². The van der Waals surface area contributed by atoms with Crippen molar-refractivity contribution in [1.82, 2.24) is 10.6 Å². The van der Waals surface area contributed by atoms with Crippen LogP contribution >= 0.6 is 0 Å². The van der Waals surface area contributed by atoms with Gasteiger partial charge in [-0.15, -0.1) is 0 Å². The van der Waals surface area contributed by atoms with Gasteiger partial charge in [0.25, 0.3) is 0 Å². The van der Waals surface area contributed by atoms with Gasteiger partial charge in [-0.05, 0) is 31.7 Å². The Hall–Kier alpha value is -1.37. The third kappa shape index (κ3) is 6.18. The minimum absolute atomic E-state index is 0.248. The maximum Gasteiger partial charge on any atom is 0.475 e. The van der Waals surface area contributed by atoms with Gasteiger partial charge in [-0.2, -0.15) is 0 Å². The zero-order valence-electron chi connectivity index (χ0n) is 13.8. The zero-order valence-corrected chi connectivity index (χ0v) is 13.8. The van der Waals surface area contributed by atoms with Crippen LogP contribution in [0.2, 0.25) is 0 Å². The molecule has 0 heterocycles. The van der Waals surface area contributed by atoms with E-state index in [1.807, 2.05) is 44.2 Å². The standard InChI is InChI=1S/C16H27BN2O3/c1-12(2)10-14(17(21)22)19-15(20)16(3,4)18-11-13-8-6-5-7-9-13/h5-9,12,14,18,21-22H,10-11H2,1-4H3,(H,19,20)/t14-/m1/s1. The lowest BCUT2D eigenvalue weighted by molar-refractivity contribution is -0.127. The van der Waals surface area contributed by atoms with Crippen LogP contribution in [-0.4, -0.2) is 34.6 Å². The third-order valence-electron chi connectivity index (χ3n) is 3.55. The van der Waals surface area contributed by atoms with Gasteiger partial charge in [0.2, 0.25) is 5.91 Å². The molecule has 122 valence electrons. The van der Waals surface area contributed by atoms with Crippen LogP contribution in [0.25, 0.3) is 0 Å². The monoisotopic (exact) mass is 306 g/mol. The van der Waals surface area contributed by atoms with E-state index in [1.54, 1.807) is 13.8 Å². The summed E-state index contributed by atoms with van der Waals surface area (Å²) in [4.78, 5) is 12.4. The molecule has 4 N–H and O–H groups in total. The first-order valence-electron chi connectivity index (χ1n) is 7.68. The number of nitrogens with one attached hydrogen (secondary N) is 2. The van der Waals surface area contributed by atoms with E-state index in [0.717, 1.165) is 5.56 Å². The van der Waals surface area contributed by atoms with E-state index in [2.05, 4.69) is 10.6 Å². The summed E-state index contributed by atoms with van der Waals surface area (Å²) in [7, 11) is -1.56. The van der Waals surface area contributed by atoms with Crippen LogP contribution in [0.1, 0.15) is 39.7 Å². The molecular weight excluding hydrogens is 279 g/mol. The smallest absolute Gasteiger partial charge is 0.426 e. The molecule has 0 aliphatic rings. The molecule has 0 aliphatic carbocycles. The van der Waals surface area contributed by atoms with Crippen molar-refractivity contribution < 1.29 is 14.8 Å². The van der Waals surface area contributed by atoms with Crippen LogP contribution in [-0.2, 0) is 11.3 Å². The van der Waals surface area contributed by atoms with Crippen LogP contribution in [0.3, 0.4) is 0 Å². The number of amides is 1. The van der Waals surface area contributed by atoms with Gasteiger partial charge in [0.15, 0.2) is 0 Å². The Morgan fingerprint density at radius 2 is 1.82 bits per heavy atom. The first kappa shape index (κ1) is 18.7. The summed E-state index contributed by atoms with van der Waals surface area (Å²) in [6.45, 7) is 8.07. The Balaban J connectivity index is 2.60. The quantitative estimate of drug-likeness (QED) is 0.542. The number of hydrogen-bond donors (Lipinski definition) is 4. The fourth-order valence-electron chi connectivity index (χ4n) is 2.11. The molecule has 1 amide bonds. The Morgan fingerprint density at radius 3 is 2.32 bits per heavy atom. The maximum atomic E-state index is 12.4. The highest BCUT2D eigenvalue weighted by atomic mass is 16.4. The highest BCUT2D eigenvalue weighted by Gasteiger charge is 2.32. The summed E-state index contributed by atoms with van der Waals surface area (Å²) in [5, 5.41) is 24.7. The molecule has 0 saturated heterocycles. The van der Waals surface area contributed by atoms with Gasteiger partial charge in [0.1, 0.15) is 0 Å². The SMILES string of the molecule is CC(C)C[C@@H](NC(=O)C(C)(C)NCc1ccccc1)B(O)O. The summed E-state index contributed by atoms with van der Waals surface area (Å²) in [6, 6.07) is 9.82. The molecule has 0 radical (unpaired) electrons. The molecular formula is C16H27BN2O3. The van der Waals surface area contributed by atoms with Gasteiger partial charge in [0, 0.05) is 6.54 Å². The van der Waals surface area contributed by atoms with Crippen molar-refractivity contribution >= 4 is 13.0 Å². The van der Waals surface area contributed by atoms with E-state index >= 15 is 0 Å². The fourth-order valence-corrected chi connectivity index (χ4v) is 2.11. The van der Waals surface area contributed by atoms with E-state index in [9.17, 15) is 14.8 Å². The molecule has 0 fully saturated rings. The number of rotatable bonds is 8. The second-order valence-electron chi connectivity index (χ2n) is 6.59. The predicted octanol–water partition coefficient (Wildman–Crippen LogP) is 1.10. The summed E-state index contributed by atoms with van der Waals surface area (Å²) in [6.07, 6.45) is 0.512. The molecule has 0 aliphatic heterocycles. The van der Waals surface area contributed by atoms with Crippen molar-refractivity contribution in [3.05, 3.63) is 35.9 Å². The Labute approximate surface area is 133 Å². The van der Waals surface area contributed by atoms with Crippen molar-refractivity contribution in [3.8, 4) is 0 Å². The van der Waals surface area contributed by atoms with Gasteiger partial charge in [0.05, 0.1) is 11.5 Å². The lowest BCUT2D eigenvalue weighted by atomic mass is 9.74.